The lowest BCUT2D eigenvalue weighted by atomic mass is 9.89. The molecule has 2 aromatic rings. The Bertz CT molecular complexity index is 1100. The molecule has 0 amide bonds. The summed E-state index contributed by atoms with van der Waals surface area (Å²) in [5.74, 6) is 0. The Morgan fingerprint density at radius 1 is 0.967 bits per heavy atom. The normalized spacial score (nSPS) is 18.1. The van der Waals surface area contributed by atoms with Crippen LogP contribution in [0.5, 0.6) is 0 Å². The molecule has 0 spiro atoms. The van der Waals surface area contributed by atoms with Gasteiger partial charge in [-0.3, -0.25) is 4.79 Å². The van der Waals surface area contributed by atoms with E-state index < -0.39 is 10.0 Å². The first-order valence-corrected chi connectivity index (χ1v) is 12.6. The molecule has 0 N–H and O–H groups in total. The van der Waals surface area contributed by atoms with E-state index in [9.17, 15) is 13.2 Å². The van der Waals surface area contributed by atoms with Crippen LogP contribution >= 0.6 is 0 Å². The van der Waals surface area contributed by atoms with Gasteiger partial charge < -0.3 is 0 Å². The van der Waals surface area contributed by atoms with E-state index in [0.29, 0.717) is 24.5 Å². The lowest BCUT2D eigenvalue weighted by Crippen LogP contribution is -2.32. The van der Waals surface area contributed by atoms with Gasteiger partial charge in [0.25, 0.3) is 5.56 Å². The average Bonchev–Trinajstić information content (AvgIpc) is 3.05. The number of nitrogens with zero attached hydrogens (tertiary/aromatic N) is 3. The molecule has 1 aromatic carbocycles. The number of aromatic nitrogens is 2. The second-order valence-electron chi connectivity index (χ2n) is 8.43. The summed E-state index contributed by atoms with van der Waals surface area (Å²) in [6.45, 7) is 5.44. The van der Waals surface area contributed by atoms with E-state index in [4.69, 9.17) is 0 Å². The molecule has 1 aliphatic heterocycles. The SMILES string of the molecule is CCn1nc(-c2ccc(C)c(S(=O)(=O)N3CCCCCC3)c2)c2c(c1=O)CCCC2. The van der Waals surface area contributed by atoms with Crippen molar-refractivity contribution in [2.24, 2.45) is 0 Å². The third-order valence-corrected chi connectivity index (χ3v) is 8.45. The highest BCUT2D eigenvalue weighted by Crippen LogP contribution is 2.32. The van der Waals surface area contributed by atoms with Crippen molar-refractivity contribution in [3.63, 3.8) is 0 Å². The molecule has 0 atom stereocenters. The standard InChI is InChI=1S/C23H31N3O3S/c1-3-26-23(27)20-11-7-6-10-19(20)22(24-26)18-13-12-17(2)21(16-18)30(28,29)25-14-8-4-5-9-15-25/h12-13,16H,3-11,14-15H2,1-2H3. The minimum atomic E-state index is -3.55. The molecular formula is C23H31N3O3S. The molecule has 0 radical (unpaired) electrons. The summed E-state index contributed by atoms with van der Waals surface area (Å²) in [5.41, 5.74) is 4.15. The van der Waals surface area contributed by atoms with Gasteiger partial charge in [0.15, 0.2) is 0 Å². The van der Waals surface area contributed by atoms with Gasteiger partial charge in [-0.25, -0.2) is 13.1 Å². The highest BCUT2D eigenvalue weighted by atomic mass is 32.2. The third-order valence-electron chi connectivity index (χ3n) is 6.41. The van der Waals surface area contributed by atoms with Gasteiger partial charge in [0.1, 0.15) is 0 Å². The van der Waals surface area contributed by atoms with Crippen molar-refractivity contribution in [3.8, 4) is 11.3 Å². The highest BCUT2D eigenvalue weighted by Gasteiger charge is 2.28. The van der Waals surface area contributed by atoms with Gasteiger partial charge in [0.05, 0.1) is 10.6 Å². The molecule has 2 heterocycles. The van der Waals surface area contributed by atoms with Crippen LogP contribution in [0.25, 0.3) is 11.3 Å². The monoisotopic (exact) mass is 429 g/mol. The molecule has 2 aliphatic rings. The molecule has 4 rings (SSSR count). The van der Waals surface area contributed by atoms with Crippen LogP contribution in [0, 0.1) is 6.92 Å². The topological polar surface area (TPSA) is 72.3 Å². The summed E-state index contributed by atoms with van der Waals surface area (Å²) >= 11 is 0. The summed E-state index contributed by atoms with van der Waals surface area (Å²) in [5, 5.41) is 4.65. The molecule has 0 bridgehead atoms. The maximum Gasteiger partial charge on any atom is 0.270 e. The fourth-order valence-electron chi connectivity index (χ4n) is 4.68. The minimum Gasteiger partial charge on any atom is -0.267 e. The molecule has 1 aromatic heterocycles. The van der Waals surface area contributed by atoms with E-state index in [0.717, 1.165) is 79.3 Å². The molecule has 162 valence electrons. The van der Waals surface area contributed by atoms with Gasteiger partial charge in [0.2, 0.25) is 10.0 Å². The van der Waals surface area contributed by atoms with Crippen molar-refractivity contribution in [1.82, 2.24) is 14.1 Å². The van der Waals surface area contributed by atoms with Crippen LogP contribution in [-0.2, 0) is 29.4 Å². The molecule has 1 aliphatic carbocycles. The number of benzene rings is 1. The Kier molecular flexibility index (Phi) is 6.11. The molecule has 6 nitrogen and oxygen atoms in total. The summed E-state index contributed by atoms with van der Waals surface area (Å²) in [7, 11) is -3.55. The van der Waals surface area contributed by atoms with Crippen LogP contribution in [-0.4, -0.2) is 35.6 Å². The average molecular weight is 430 g/mol. The van der Waals surface area contributed by atoms with Crippen LogP contribution in [0.2, 0.25) is 0 Å². The van der Waals surface area contributed by atoms with Crippen molar-refractivity contribution in [1.29, 1.82) is 0 Å². The smallest absolute Gasteiger partial charge is 0.267 e. The zero-order valence-electron chi connectivity index (χ0n) is 18.0. The summed E-state index contributed by atoms with van der Waals surface area (Å²) in [6, 6.07) is 5.59. The Morgan fingerprint density at radius 2 is 1.63 bits per heavy atom. The predicted octanol–water partition coefficient (Wildman–Crippen LogP) is 3.68. The fraction of sp³-hybridized carbons (Fsp3) is 0.565. The quantitative estimate of drug-likeness (QED) is 0.743. The van der Waals surface area contributed by atoms with E-state index in [1.807, 2.05) is 26.0 Å². The Balaban J connectivity index is 1.84. The van der Waals surface area contributed by atoms with Gasteiger partial charge in [-0.1, -0.05) is 25.0 Å². The zero-order chi connectivity index (χ0) is 21.3. The maximum atomic E-state index is 13.5. The number of aryl methyl sites for hydroxylation is 2. The number of sulfonamides is 1. The predicted molar refractivity (Wildman–Crippen MR) is 118 cm³/mol. The van der Waals surface area contributed by atoms with Gasteiger partial charge in [-0.15, -0.1) is 0 Å². The molecule has 0 unspecified atom stereocenters. The van der Waals surface area contributed by atoms with Crippen molar-refractivity contribution < 1.29 is 8.42 Å². The van der Waals surface area contributed by atoms with Crippen molar-refractivity contribution in [3.05, 3.63) is 45.2 Å². The first-order chi connectivity index (χ1) is 14.4. The van der Waals surface area contributed by atoms with E-state index in [1.54, 1.807) is 10.4 Å². The summed E-state index contributed by atoms with van der Waals surface area (Å²) < 4.78 is 30.1. The van der Waals surface area contributed by atoms with Gasteiger partial charge >= 0.3 is 0 Å². The van der Waals surface area contributed by atoms with E-state index in [-0.39, 0.29) is 5.56 Å². The van der Waals surface area contributed by atoms with Crippen LogP contribution in [0.15, 0.2) is 27.9 Å². The number of rotatable bonds is 4. The van der Waals surface area contributed by atoms with E-state index in [1.165, 1.54) is 4.68 Å². The molecule has 1 fully saturated rings. The number of fused-ring (bicyclic) bond motifs is 1. The minimum absolute atomic E-state index is 0.000438. The number of hydrogen-bond acceptors (Lipinski definition) is 4. The fourth-order valence-corrected chi connectivity index (χ4v) is 6.45. The first kappa shape index (κ1) is 21.2. The highest BCUT2D eigenvalue weighted by molar-refractivity contribution is 7.89. The summed E-state index contributed by atoms with van der Waals surface area (Å²) in [6.07, 6.45) is 7.62. The third kappa shape index (κ3) is 3.85. The maximum absolute atomic E-state index is 13.5. The van der Waals surface area contributed by atoms with Gasteiger partial charge in [0, 0.05) is 30.8 Å². The lowest BCUT2D eigenvalue weighted by molar-refractivity contribution is 0.423. The van der Waals surface area contributed by atoms with Crippen LogP contribution < -0.4 is 5.56 Å². The molecule has 0 saturated carbocycles. The molecule has 1 saturated heterocycles. The van der Waals surface area contributed by atoms with Crippen molar-refractivity contribution in [2.75, 3.05) is 13.1 Å². The second-order valence-corrected chi connectivity index (χ2v) is 10.3. The van der Waals surface area contributed by atoms with Gasteiger partial charge in [-0.05, 0) is 69.6 Å². The van der Waals surface area contributed by atoms with Crippen molar-refractivity contribution >= 4 is 10.0 Å². The Hall–Kier alpha value is -1.99. The Morgan fingerprint density at radius 3 is 2.30 bits per heavy atom. The second kappa shape index (κ2) is 8.63. The molecule has 7 heteroatoms. The van der Waals surface area contributed by atoms with Crippen LogP contribution in [0.4, 0.5) is 0 Å². The first-order valence-electron chi connectivity index (χ1n) is 11.2. The summed E-state index contributed by atoms with van der Waals surface area (Å²) in [4.78, 5) is 13.1. The number of hydrogen-bond donors (Lipinski definition) is 0. The Labute approximate surface area is 179 Å². The lowest BCUT2D eigenvalue weighted by Gasteiger charge is -2.23. The van der Waals surface area contributed by atoms with E-state index >= 15 is 0 Å². The van der Waals surface area contributed by atoms with Gasteiger partial charge in [-0.2, -0.15) is 9.40 Å². The largest absolute Gasteiger partial charge is 0.270 e. The molecular weight excluding hydrogens is 398 g/mol. The van der Waals surface area contributed by atoms with Crippen LogP contribution in [0.3, 0.4) is 0 Å². The zero-order valence-corrected chi connectivity index (χ0v) is 18.8. The van der Waals surface area contributed by atoms with Crippen molar-refractivity contribution in [2.45, 2.75) is 76.7 Å². The van der Waals surface area contributed by atoms with Crippen LogP contribution in [0.1, 0.15) is 62.1 Å². The molecule has 30 heavy (non-hydrogen) atoms. The van der Waals surface area contributed by atoms with E-state index in [2.05, 4.69) is 5.10 Å².